The molecule has 0 aliphatic carbocycles. The van der Waals surface area contributed by atoms with E-state index >= 15 is 0 Å². The van der Waals surface area contributed by atoms with Gasteiger partial charge in [0.15, 0.2) is 6.79 Å². The fourth-order valence-corrected chi connectivity index (χ4v) is 3.26. The summed E-state index contributed by atoms with van der Waals surface area (Å²) in [5.74, 6) is 1.58. The first-order chi connectivity index (χ1) is 8.34. The van der Waals surface area contributed by atoms with Gasteiger partial charge in [-0.25, -0.2) is 0 Å². The van der Waals surface area contributed by atoms with Gasteiger partial charge in [0.05, 0.1) is 6.61 Å². The third kappa shape index (κ3) is 2.34. The minimum absolute atomic E-state index is 0.372. The van der Waals surface area contributed by atoms with Crippen LogP contribution in [0.3, 0.4) is 0 Å². The van der Waals surface area contributed by atoms with Crippen molar-refractivity contribution >= 4 is 15.9 Å². The minimum atomic E-state index is 0.372. The highest BCUT2D eigenvalue weighted by Crippen LogP contribution is 2.36. The molecule has 0 saturated carbocycles. The summed E-state index contributed by atoms with van der Waals surface area (Å²) in [7, 11) is 0. The Hall–Kier alpha value is -0.580. The highest BCUT2D eigenvalue weighted by molar-refractivity contribution is 9.10. The molecule has 1 aromatic rings. The van der Waals surface area contributed by atoms with Crippen LogP contribution < -0.4 is 10.1 Å². The molecule has 1 N–H and O–H groups in total. The van der Waals surface area contributed by atoms with Gasteiger partial charge in [0.1, 0.15) is 5.75 Å². The normalized spacial score (nSPS) is 23.9. The predicted molar refractivity (Wildman–Crippen MR) is 69.3 cm³/mol. The third-order valence-electron chi connectivity index (χ3n) is 3.47. The van der Waals surface area contributed by atoms with Gasteiger partial charge in [0.2, 0.25) is 0 Å². The van der Waals surface area contributed by atoms with Gasteiger partial charge >= 0.3 is 0 Å². The molecule has 0 bridgehead atoms. The number of nitrogens with one attached hydrogen (secondary N) is 1. The Morgan fingerprint density at radius 2 is 2.29 bits per heavy atom. The molecular formula is C13H16BrNO2. The molecule has 2 aliphatic rings. The molecular weight excluding hydrogens is 282 g/mol. The monoisotopic (exact) mass is 297 g/mol. The number of hydrogen-bond donors (Lipinski definition) is 1. The summed E-state index contributed by atoms with van der Waals surface area (Å²) in [4.78, 5) is 0. The summed E-state index contributed by atoms with van der Waals surface area (Å²) in [6.45, 7) is 3.23. The zero-order valence-electron chi connectivity index (χ0n) is 9.67. The average molecular weight is 298 g/mol. The van der Waals surface area contributed by atoms with Crippen LogP contribution in [0.4, 0.5) is 0 Å². The van der Waals surface area contributed by atoms with Crippen LogP contribution in [-0.4, -0.2) is 19.9 Å². The summed E-state index contributed by atoms with van der Waals surface area (Å²) in [5, 5.41) is 3.45. The predicted octanol–water partition coefficient (Wildman–Crippen LogP) is 2.78. The topological polar surface area (TPSA) is 30.5 Å². The van der Waals surface area contributed by atoms with Crippen LogP contribution in [0.5, 0.6) is 5.75 Å². The van der Waals surface area contributed by atoms with Gasteiger partial charge in [0, 0.05) is 16.6 Å². The zero-order valence-corrected chi connectivity index (χ0v) is 11.3. The molecule has 4 heteroatoms. The van der Waals surface area contributed by atoms with E-state index in [1.165, 1.54) is 22.9 Å². The maximum absolute atomic E-state index is 5.55. The highest BCUT2D eigenvalue weighted by Gasteiger charge is 2.21. The number of piperidine rings is 1. The Morgan fingerprint density at radius 3 is 3.12 bits per heavy atom. The fourth-order valence-electron chi connectivity index (χ4n) is 2.54. The second-order valence-corrected chi connectivity index (χ2v) is 5.49. The fraction of sp³-hybridized carbons (Fsp3) is 0.538. The molecule has 0 radical (unpaired) electrons. The second kappa shape index (κ2) is 4.96. The molecule has 0 spiro atoms. The number of fused-ring (bicyclic) bond motifs is 1. The zero-order chi connectivity index (χ0) is 11.7. The van der Waals surface area contributed by atoms with Crippen molar-refractivity contribution in [2.45, 2.75) is 25.4 Å². The number of hydrogen-bond acceptors (Lipinski definition) is 3. The number of halogens is 1. The molecule has 92 valence electrons. The molecule has 2 aliphatic heterocycles. The SMILES string of the molecule is Brc1cc2c(cc1C1CCCNC1)OCOC2. The Labute approximate surface area is 110 Å². The third-order valence-corrected chi connectivity index (χ3v) is 4.16. The number of rotatable bonds is 1. The molecule has 0 amide bonds. The smallest absolute Gasteiger partial charge is 0.189 e. The van der Waals surface area contributed by atoms with Gasteiger partial charge in [-0.2, -0.15) is 0 Å². The summed E-state index contributed by atoms with van der Waals surface area (Å²) in [6.07, 6.45) is 2.50. The molecule has 17 heavy (non-hydrogen) atoms. The van der Waals surface area contributed by atoms with Gasteiger partial charge in [-0.05, 0) is 43.0 Å². The molecule has 3 rings (SSSR count). The van der Waals surface area contributed by atoms with Gasteiger partial charge in [-0.15, -0.1) is 0 Å². The Balaban J connectivity index is 1.93. The van der Waals surface area contributed by atoms with E-state index in [0.29, 0.717) is 19.3 Å². The van der Waals surface area contributed by atoms with E-state index in [0.717, 1.165) is 24.4 Å². The molecule has 1 fully saturated rings. The Morgan fingerprint density at radius 1 is 1.35 bits per heavy atom. The van der Waals surface area contributed by atoms with Crippen molar-refractivity contribution in [2.75, 3.05) is 19.9 Å². The van der Waals surface area contributed by atoms with Crippen molar-refractivity contribution in [1.29, 1.82) is 0 Å². The van der Waals surface area contributed by atoms with E-state index in [9.17, 15) is 0 Å². The maximum Gasteiger partial charge on any atom is 0.189 e. The quantitative estimate of drug-likeness (QED) is 0.865. The van der Waals surface area contributed by atoms with E-state index < -0.39 is 0 Å². The lowest BCUT2D eigenvalue weighted by Crippen LogP contribution is -2.28. The first kappa shape index (κ1) is 11.5. The van der Waals surface area contributed by atoms with E-state index in [1.54, 1.807) is 0 Å². The van der Waals surface area contributed by atoms with Gasteiger partial charge in [-0.3, -0.25) is 0 Å². The van der Waals surface area contributed by atoms with E-state index in [2.05, 4.69) is 33.4 Å². The van der Waals surface area contributed by atoms with E-state index in [1.807, 2.05) is 0 Å². The van der Waals surface area contributed by atoms with Crippen LogP contribution in [-0.2, 0) is 11.3 Å². The van der Waals surface area contributed by atoms with E-state index in [4.69, 9.17) is 9.47 Å². The second-order valence-electron chi connectivity index (χ2n) is 4.64. The van der Waals surface area contributed by atoms with Crippen LogP contribution in [0.15, 0.2) is 16.6 Å². The Bertz CT molecular complexity index is 416. The van der Waals surface area contributed by atoms with Gasteiger partial charge in [-0.1, -0.05) is 15.9 Å². The van der Waals surface area contributed by atoms with Crippen molar-refractivity contribution in [3.05, 3.63) is 27.7 Å². The first-order valence-corrected chi connectivity index (χ1v) is 6.87. The van der Waals surface area contributed by atoms with Crippen LogP contribution >= 0.6 is 15.9 Å². The Kier molecular flexibility index (Phi) is 3.36. The van der Waals surface area contributed by atoms with Crippen molar-refractivity contribution in [3.63, 3.8) is 0 Å². The van der Waals surface area contributed by atoms with Crippen molar-refractivity contribution < 1.29 is 9.47 Å². The lowest BCUT2D eigenvalue weighted by Gasteiger charge is -2.26. The molecule has 3 nitrogen and oxygen atoms in total. The van der Waals surface area contributed by atoms with Gasteiger partial charge < -0.3 is 14.8 Å². The van der Waals surface area contributed by atoms with Crippen molar-refractivity contribution in [3.8, 4) is 5.75 Å². The molecule has 1 saturated heterocycles. The summed E-state index contributed by atoms with van der Waals surface area (Å²) in [6, 6.07) is 4.32. The molecule has 2 heterocycles. The van der Waals surface area contributed by atoms with Crippen molar-refractivity contribution in [2.24, 2.45) is 0 Å². The lowest BCUT2D eigenvalue weighted by molar-refractivity contribution is -0.0165. The van der Waals surface area contributed by atoms with Crippen LogP contribution in [0, 0.1) is 0 Å². The standard InChI is InChI=1S/C13H16BrNO2/c14-12-4-10-7-16-8-17-13(10)5-11(12)9-2-1-3-15-6-9/h4-5,9,15H,1-3,6-8H2. The van der Waals surface area contributed by atoms with Crippen LogP contribution in [0.1, 0.15) is 29.9 Å². The average Bonchev–Trinajstić information content (AvgIpc) is 2.39. The number of ether oxygens (including phenoxy) is 2. The minimum Gasteiger partial charge on any atom is -0.467 e. The largest absolute Gasteiger partial charge is 0.467 e. The van der Waals surface area contributed by atoms with Gasteiger partial charge in [0.25, 0.3) is 0 Å². The highest BCUT2D eigenvalue weighted by atomic mass is 79.9. The number of benzene rings is 1. The summed E-state index contributed by atoms with van der Waals surface area (Å²) >= 11 is 3.67. The molecule has 1 unspecified atom stereocenters. The van der Waals surface area contributed by atoms with Crippen molar-refractivity contribution in [1.82, 2.24) is 5.32 Å². The maximum atomic E-state index is 5.55. The van der Waals surface area contributed by atoms with Crippen LogP contribution in [0.25, 0.3) is 0 Å². The lowest BCUT2D eigenvalue weighted by atomic mass is 9.91. The molecule has 1 atom stereocenters. The first-order valence-electron chi connectivity index (χ1n) is 6.08. The molecule has 1 aromatic carbocycles. The summed E-state index contributed by atoms with van der Waals surface area (Å²) < 4.78 is 12.0. The van der Waals surface area contributed by atoms with Crippen LogP contribution in [0.2, 0.25) is 0 Å². The van der Waals surface area contributed by atoms with E-state index in [-0.39, 0.29) is 0 Å². The summed E-state index contributed by atoms with van der Waals surface area (Å²) in [5.41, 5.74) is 2.49. The molecule has 0 aromatic heterocycles.